The zero-order valence-electron chi connectivity index (χ0n) is 11.8. The maximum atomic E-state index is 13.1. The van der Waals surface area contributed by atoms with Gasteiger partial charge in [0.05, 0.1) is 11.2 Å². The lowest BCUT2D eigenvalue weighted by atomic mass is 9.79. The molecule has 20 heavy (non-hydrogen) atoms. The van der Waals surface area contributed by atoms with Gasteiger partial charge in [0.2, 0.25) is 0 Å². The van der Waals surface area contributed by atoms with E-state index in [1.165, 1.54) is 12.1 Å². The third-order valence-electron chi connectivity index (χ3n) is 3.76. The monoisotopic (exact) mass is 301 g/mol. The predicted molar refractivity (Wildman–Crippen MR) is 74.9 cm³/mol. The van der Waals surface area contributed by atoms with Crippen LogP contribution in [0.25, 0.3) is 0 Å². The van der Waals surface area contributed by atoms with Crippen molar-refractivity contribution in [3.05, 3.63) is 18.2 Å². The highest BCUT2D eigenvalue weighted by Gasteiger charge is 2.51. The highest BCUT2D eigenvalue weighted by molar-refractivity contribution is 7.86. The van der Waals surface area contributed by atoms with E-state index in [0.717, 1.165) is 6.07 Å². The molecule has 0 radical (unpaired) electrons. The number of nitrogens with two attached hydrogens (primary N) is 1. The molecule has 0 aromatic heterocycles. The van der Waals surface area contributed by atoms with Crippen LogP contribution in [0.3, 0.4) is 0 Å². The number of hydrogen-bond acceptors (Lipinski definition) is 5. The maximum absolute atomic E-state index is 13.1. The molecule has 1 aromatic carbocycles. The van der Waals surface area contributed by atoms with E-state index < -0.39 is 33.4 Å². The van der Waals surface area contributed by atoms with Crippen LogP contribution in [0.1, 0.15) is 27.7 Å². The quantitative estimate of drug-likeness (QED) is 0.505. The molecule has 110 valence electrons. The molecule has 1 fully saturated rings. The van der Waals surface area contributed by atoms with Gasteiger partial charge in [-0.25, -0.2) is 0 Å². The molecule has 2 N–H and O–H groups in total. The summed E-state index contributed by atoms with van der Waals surface area (Å²) < 4.78 is 46.7. The SMILES string of the molecule is CC1(C)OB(c2cc(N)cc(S(=O)(=O)F)c2)OC1(C)C. The highest BCUT2D eigenvalue weighted by Crippen LogP contribution is 2.36. The molecule has 0 spiro atoms. The smallest absolute Gasteiger partial charge is 0.399 e. The van der Waals surface area contributed by atoms with Crippen molar-refractivity contribution in [3.8, 4) is 0 Å². The topological polar surface area (TPSA) is 78.6 Å². The first-order valence-corrected chi connectivity index (χ1v) is 7.51. The first-order valence-electron chi connectivity index (χ1n) is 6.13. The third kappa shape index (κ3) is 2.68. The fourth-order valence-corrected chi connectivity index (χ4v) is 2.46. The Bertz CT molecular complexity index is 629. The van der Waals surface area contributed by atoms with Gasteiger partial charge in [-0.05, 0) is 51.4 Å². The summed E-state index contributed by atoms with van der Waals surface area (Å²) in [5, 5.41) is 0. The maximum Gasteiger partial charge on any atom is 0.494 e. The number of nitrogen functional groups attached to an aromatic ring is 1. The van der Waals surface area contributed by atoms with Crippen molar-refractivity contribution in [2.45, 2.75) is 43.8 Å². The summed E-state index contributed by atoms with van der Waals surface area (Å²) in [7, 11) is -5.61. The molecule has 0 unspecified atom stereocenters. The van der Waals surface area contributed by atoms with Crippen LogP contribution >= 0.6 is 0 Å². The second-order valence-corrected chi connectivity index (χ2v) is 7.21. The molecule has 1 aliphatic rings. The van der Waals surface area contributed by atoms with Gasteiger partial charge in [-0.1, -0.05) is 0 Å². The van der Waals surface area contributed by atoms with Gasteiger partial charge in [0.25, 0.3) is 0 Å². The van der Waals surface area contributed by atoms with Crippen molar-refractivity contribution in [2.24, 2.45) is 0 Å². The zero-order chi connectivity index (χ0) is 15.3. The van der Waals surface area contributed by atoms with Gasteiger partial charge in [0.15, 0.2) is 0 Å². The van der Waals surface area contributed by atoms with Gasteiger partial charge >= 0.3 is 17.3 Å². The van der Waals surface area contributed by atoms with Crippen molar-refractivity contribution >= 4 is 28.5 Å². The molecule has 0 saturated carbocycles. The average Bonchev–Trinajstić information content (AvgIpc) is 2.46. The number of anilines is 1. The largest absolute Gasteiger partial charge is 0.494 e. The molecular weight excluding hydrogens is 284 g/mol. The molecule has 0 aliphatic carbocycles. The van der Waals surface area contributed by atoms with E-state index in [-0.39, 0.29) is 5.69 Å². The number of halogens is 1. The molecule has 8 heteroatoms. The average molecular weight is 301 g/mol. The lowest BCUT2D eigenvalue weighted by Gasteiger charge is -2.32. The van der Waals surface area contributed by atoms with Crippen molar-refractivity contribution in [2.75, 3.05) is 5.73 Å². The Balaban J connectivity index is 2.44. The Labute approximate surface area is 118 Å². The van der Waals surface area contributed by atoms with Crippen LogP contribution in [-0.4, -0.2) is 26.7 Å². The summed E-state index contributed by atoms with van der Waals surface area (Å²) in [5.74, 6) is 0. The molecule has 0 amide bonds. The van der Waals surface area contributed by atoms with Gasteiger partial charge in [-0.15, -0.1) is 3.89 Å². The molecule has 1 saturated heterocycles. The van der Waals surface area contributed by atoms with E-state index in [1.54, 1.807) is 0 Å². The number of rotatable bonds is 2. The van der Waals surface area contributed by atoms with Crippen LogP contribution < -0.4 is 11.2 Å². The van der Waals surface area contributed by atoms with Gasteiger partial charge < -0.3 is 15.0 Å². The minimum Gasteiger partial charge on any atom is -0.399 e. The summed E-state index contributed by atoms with van der Waals surface area (Å²) in [6.07, 6.45) is 0. The lowest BCUT2D eigenvalue weighted by molar-refractivity contribution is 0.00578. The minimum atomic E-state index is -4.83. The van der Waals surface area contributed by atoms with Crippen LogP contribution in [0.15, 0.2) is 23.1 Å². The van der Waals surface area contributed by atoms with Crippen molar-refractivity contribution < 1.29 is 21.6 Å². The first kappa shape index (κ1) is 15.3. The fraction of sp³-hybridized carbons (Fsp3) is 0.500. The Hall–Kier alpha value is -1.12. The minimum absolute atomic E-state index is 0.133. The Morgan fingerprint density at radius 1 is 1.10 bits per heavy atom. The molecule has 2 rings (SSSR count). The molecule has 1 heterocycles. The second-order valence-electron chi connectivity index (χ2n) is 5.86. The van der Waals surface area contributed by atoms with Crippen LogP contribution in [0.4, 0.5) is 9.57 Å². The van der Waals surface area contributed by atoms with Crippen LogP contribution in [0, 0.1) is 0 Å². The van der Waals surface area contributed by atoms with Gasteiger partial charge in [0.1, 0.15) is 4.90 Å². The fourth-order valence-electron chi connectivity index (χ4n) is 1.90. The standard InChI is InChI=1S/C12H17BFNO4S/c1-11(2)12(3,4)19-13(18-11)8-5-9(15)7-10(6-8)20(14,16)17/h5-7H,15H2,1-4H3. The molecular formula is C12H17BFNO4S. The number of hydrogen-bond donors (Lipinski definition) is 1. The van der Waals surface area contributed by atoms with Gasteiger partial charge in [0, 0.05) is 5.69 Å². The summed E-state index contributed by atoms with van der Waals surface area (Å²) in [6, 6.07) is 3.74. The van der Waals surface area contributed by atoms with E-state index in [4.69, 9.17) is 15.0 Å². The molecule has 1 aromatic rings. The Morgan fingerprint density at radius 2 is 1.60 bits per heavy atom. The third-order valence-corrected chi connectivity index (χ3v) is 4.56. The summed E-state index contributed by atoms with van der Waals surface area (Å²) in [6.45, 7) is 7.47. The normalized spacial score (nSPS) is 21.1. The van der Waals surface area contributed by atoms with Crippen molar-refractivity contribution in [1.82, 2.24) is 0 Å². The molecule has 5 nitrogen and oxygen atoms in total. The predicted octanol–water partition coefficient (Wildman–Crippen LogP) is 1.23. The Morgan fingerprint density at radius 3 is 2.05 bits per heavy atom. The lowest BCUT2D eigenvalue weighted by Crippen LogP contribution is -2.41. The zero-order valence-corrected chi connectivity index (χ0v) is 12.6. The molecule has 0 bridgehead atoms. The molecule has 1 aliphatic heterocycles. The Kier molecular flexibility index (Phi) is 3.39. The highest BCUT2D eigenvalue weighted by atomic mass is 32.3. The second kappa shape index (κ2) is 4.44. The van der Waals surface area contributed by atoms with E-state index in [0.29, 0.717) is 5.46 Å². The van der Waals surface area contributed by atoms with E-state index in [1.807, 2.05) is 27.7 Å². The summed E-state index contributed by atoms with van der Waals surface area (Å²) in [5.41, 5.74) is 4.98. The molecule has 0 atom stereocenters. The summed E-state index contributed by atoms with van der Waals surface area (Å²) in [4.78, 5) is -0.498. The van der Waals surface area contributed by atoms with Crippen molar-refractivity contribution in [1.29, 1.82) is 0 Å². The van der Waals surface area contributed by atoms with Crippen LogP contribution in [0.5, 0.6) is 0 Å². The van der Waals surface area contributed by atoms with Crippen molar-refractivity contribution in [3.63, 3.8) is 0 Å². The van der Waals surface area contributed by atoms with E-state index in [2.05, 4.69) is 0 Å². The summed E-state index contributed by atoms with van der Waals surface area (Å²) >= 11 is 0. The van der Waals surface area contributed by atoms with Gasteiger partial charge in [-0.2, -0.15) is 8.42 Å². The van der Waals surface area contributed by atoms with Gasteiger partial charge in [-0.3, -0.25) is 0 Å². The van der Waals surface area contributed by atoms with Crippen LogP contribution in [-0.2, 0) is 19.5 Å². The number of benzene rings is 1. The first-order chi connectivity index (χ1) is 8.92. The van der Waals surface area contributed by atoms with Crippen LogP contribution in [0.2, 0.25) is 0 Å². The van der Waals surface area contributed by atoms with E-state index >= 15 is 0 Å². The van der Waals surface area contributed by atoms with E-state index in [9.17, 15) is 12.3 Å².